The monoisotopic (exact) mass is 315 g/mol. The van der Waals surface area contributed by atoms with E-state index in [9.17, 15) is 0 Å². The molecule has 0 aromatic rings. The number of unbranched alkanes of at least 4 members (excludes halogenated alkanes) is 2. The zero-order valence-corrected chi connectivity index (χ0v) is 15.3. The first-order chi connectivity index (χ1) is 11.3. The molecule has 0 radical (unpaired) electrons. The Hall–Kier alpha value is -0.770. The number of nitrogens with zero attached hydrogens (tertiary/aromatic N) is 1. The van der Waals surface area contributed by atoms with Gasteiger partial charge in [0, 0.05) is 6.08 Å². The van der Waals surface area contributed by atoms with Crippen molar-refractivity contribution in [3.63, 3.8) is 0 Å². The lowest BCUT2D eigenvalue weighted by Gasteiger charge is -2.31. The van der Waals surface area contributed by atoms with Crippen molar-refractivity contribution in [2.45, 2.75) is 96.8 Å². The van der Waals surface area contributed by atoms with Crippen molar-refractivity contribution >= 4 is 0 Å². The summed E-state index contributed by atoms with van der Waals surface area (Å²) in [6.07, 6.45) is 24.0. The molecule has 0 aromatic heterocycles. The fourth-order valence-corrected chi connectivity index (χ4v) is 4.81. The van der Waals surface area contributed by atoms with Gasteiger partial charge in [0.25, 0.3) is 0 Å². The van der Waals surface area contributed by atoms with Crippen LogP contribution in [0.5, 0.6) is 0 Å². The minimum absolute atomic E-state index is 0.685. The van der Waals surface area contributed by atoms with E-state index in [4.69, 9.17) is 5.26 Å². The molecule has 0 atom stereocenters. The van der Waals surface area contributed by atoms with Crippen LogP contribution in [0.2, 0.25) is 0 Å². The van der Waals surface area contributed by atoms with Crippen LogP contribution in [0.4, 0.5) is 0 Å². The third-order valence-electron chi connectivity index (χ3n) is 6.50. The average Bonchev–Trinajstić information content (AvgIpc) is 2.60. The summed E-state index contributed by atoms with van der Waals surface area (Å²) in [6.45, 7) is 2.31. The van der Waals surface area contributed by atoms with Crippen LogP contribution in [0.1, 0.15) is 96.8 Å². The Morgan fingerprint density at radius 1 is 0.783 bits per heavy atom. The number of hydrogen-bond donors (Lipinski definition) is 0. The number of rotatable bonds is 8. The van der Waals surface area contributed by atoms with Crippen molar-refractivity contribution in [2.75, 3.05) is 0 Å². The molecule has 23 heavy (non-hydrogen) atoms. The van der Waals surface area contributed by atoms with E-state index in [2.05, 4.69) is 19.1 Å². The fourth-order valence-electron chi connectivity index (χ4n) is 4.81. The third kappa shape index (κ3) is 7.11. The summed E-state index contributed by atoms with van der Waals surface area (Å²) >= 11 is 0. The molecule has 2 saturated carbocycles. The molecule has 0 aromatic carbocycles. The Morgan fingerprint density at radius 2 is 1.30 bits per heavy atom. The van der Waals surface area contributed by atoms with E-state index in [1.165, 1.54) is 89.9 Å². The first-order valence-corrected chi connectivity index (χ1v) is 10.4. The molecule has 0 aliphatic heterocycles. The van der Waals surface area contributed by atoms with Gasteiger partial charge in [-0.25, -0.2) is 0 Å². The SMILES string of the molecule is CCCCCC1CCC(CCC2CCC(C=CC#N)CC2)CC1. The summed E-state index contributed by atoms with van der Waals surface area (Å²) in [5, 5.41) is 8.62. The van der Waals surface area contributed by atoms with Gasteiger partial charge in [0.05, 0.1) is 6.07 Å². The van der Waals surface area contributed by atoms with Gasteiger partial charge in [-0.15, -0.1) is 0 Å². The standard InChI is InChI=1S/C22H37N/c1-2-3-4-6-19-8-12-21(13-9-19)16-17-22-14-10-20(11-15-22)7-5-18-23/h5,7,19-22H,2-4,6,8-17H2,1H3. The zero-order chi connectivity index (χ0) is 16.3. The highest BCUT2D eigenvalue weighted by atomic mass is 14.3. The van der Waals surface area contributed by atoms with Gasteiger partial charge in [0.2, 0.25) is 0 Å². The summed E-state index contributed by atoms with van der Waals surface area (Å²) in [5.74, 6) is 3.75. The Morgan fingerprint density at radius 3 is 1.83 bits per heavy atom. The van der Waals surface area contributed by atoms with Crippen LogP contribution >= 0.6 is 0 Å². The largest absolute Gasteiger partial charge is 0.193 e. The molecule has 1 nitrogen and oxygen atoms in total. The molecule has 2 aliphatic carbocycles. The molecule has 0 spiro atoms. The average molecular weight is 316 g/mol. The lowest BCUT2D eigenvalue weighted by atomic mass is 9.75. The lowest BCUT2D eigenvalue weighted by Crippen LogP contribution is -2.17. The molecule has 2 rings (SSSR count). The molecule has 0 N–H and O–H groups in total. The maximum absolute atomic E-state index is 8.62. The second-order valence-electron chi connectivity index (χ2n) is 8.23. The minimum Gasteiger partial charge on any atom is -0.193 e. The number of hydrogen-bond acceptors (Lipinski definition) is 1. The van der Waals surface area contributed by atoms with Crippen LogP contribution in [-0.4, -0.2) is 0 Å². The van der Waals surface area contributed by atoms with Crippen LogP contribution in [0.15, 0.2) is 12.2 Å². The van der Waals surface area contributed by atoms with E-state index in [0.717, 1.165) is 17.8 Å². The van der Waals surface area contributed by atoms with Crippen molar-refractivity contribution < 1.29 is 0 Å². The van der Waals surface area contributed by atoms with Crippen LogP contribution in [0.25, 0.3) is 0 Å². The Bertz CT molecular complexity index is 362. The summed E-state index contributed by atoms with van der Waals surface area (Å²) in [4.78, 5) is 0. The maximum Gasteiger partial charge on any atom is 0.0908 e. The molecular formula is C22H37N. The van der Waals surface area contributed by atoms with Gasteiger partial charge in [0.1, 0.15) is 0 Å². The normalized spacial score (nSPS) is 32.0. The predicted molar refractivity (Wildman–Crippen MR) is 99.0 cm³/mol. The maximum atomic E-state index is 8.62. The van der Waals surface area contributed by atoms with E-state index in [1.54, 1.807) is 6.08 Å². The Balaban J connectivity index is 1.54. The summed E-state index contributed by atoms with van der Waals surface area (Å²) in [6, 6.07) is 2.13. The zero-order valence-electron chi connectivity index (χ0n) is 15.3. The molecule has 0 unspecified atom stereocenters. The van der Waals surface area contributed by atoms with Crippen molar-refractivity contribution in [3.05, 3.63) is 12.2 Å². The fraction of sp³-hybridized carbons (Fsp3) is 0.864. The van der Waals surface area contributed by atoms with E-state index < -0.39 is 0 Å². The highest BCUT2D eigenvalue weighted by molar-refractivity contribution is 5.04. The van der Waals surface area contributed by atoms with E-state index in [-0.39, 0.29) is 0 Å². The van der Waals surface area contributed by atoms with Crippen LogP contribution < -0.4 is 0 Å². The summed E-state index contributed by atoms with van der Waals surface area (Å²) < 4.78 is 0. The smallest absolute Gasteiger partial charge is 0.0908 e. The van der Waals surface area contributed by atoms with Crippen LogP contribution in [0.3, 0.4) is 0 Å². The first-order valence-electron chi connectivity index (χ1n) is 10.4. The van der Waals surface area contributed by atoms with Gasteiger partial charge in [-0.1, -0.05) is 77.2 Å². The Kier molecular flexibility index (Phi) is 8.80. The van der Waals surface area contributed by atoms with E-state index in [1.807, 2.05) is 0 Å². The first kappa shape index (κ1) is 18.6. The van der Waals surface area contributed by atoms with E-state index in [0.29, 0.717) is 5.92 Å². The quantitative estimate of drug-likeness (QED) is 0.348. The van der Waals surface area contributed by atoms with Crippen molar-refractivity contribution in [3.8, 4) is 6.07 Å². The van der Waals surface area contributed by atoms with Gasteiger partial charge in [0.15, 0.2) is 0 Å². The van der Waals surface area contributed by atoms with Gasteiger partial charge >= 0.3 is 0 Å². The number of allylic oxidation sites excluding steroid dienone is 2. The van der Waals surface area contributed by atoms with E-state index >= 15 is 0 Å². The molecule has 0 heterocycles. The lowest BCUT2D eigenvalue weighted by molar-refractivity contribution is 0.219. The third-order valence-corrected chi connectivity index (χ3v) is 6.50. The Labute approximate surface area is 144 Å². The van der Waals surface area contributed by atoms with Crippen LogP contribution in [0, 0.1) is 35.0 Å². The molecule has 0 bridgehead atoms. The summed E-state index contributed by atoms with van der Waals surface area (Å²) in [7, 11) is 0. The van der Waals surface area contributed by atoms with Crippen molar-refractivity contribution in [1.29, 1.82) is 5.26 Å². The van der Waals surface area contributed by atoms with Gasteiger partial charge < -0.3 is 0 Å². The molecule has 2 aliphatic rings. The van der Waals surface area contributed by atoms with Crippen molar-refractivity contribution in [1.82, 2.24) is 0 Å². The second kappa shape index (κ2) is 10.9. The summed E-state index contributed by atoms with van der Waals surface area (Å²) in [5.41, 5.74) is 0. The highest BCUT2D eigenvalue weighted by Crippen LogP contribution is 2.37. The minimum atomic E-state index is 0.685. The van der Waals surface area contributed by atoms with Gasteiger partial charge in [-0.3, -0.25) is 0 Å². The molecular weight excluding hydrogens is 278 g/mol. The predicted octanol–water partition coefficient (Wildman–Crippen LogP) is 7.04. The molecule has 2 fully saturated rings. The second-order valence-corrected chi connectivity index (χ2v) is 8.23. The molecule has 1 heteroatoms. The molecule has 130 valence electrons. The number of nitriles is 1. The topological polar surface area (TPSA) is 23.8 Å². The van der Waals surface area contributed by atoms with Crippen LogP contribution in [-0.2, 0) is 0 Å². The van der Waals surface area contributed by atoms with Gasteiger partial charge in [-0.05, 0) is 49.4 Å². The molecule has 0 saturated heterocycles. The molecule has 0 amide bonds. The highest BCUT2D eigenvalue weighted by Gasteiger charge is 2.23. The van der Waals surface area contributed by atoms with Crippen molar-refractivity contribution in [2.24, 2.45) is 23.7 Å². The van der Waals surface area contributed by atoms with Gasteiger partial charge in [-0.2, -0.15) is 5.26 Å².